The SMILES string of the molecule is Cc1cc(C(=O)NCCNC(=O)Cn2nccc2C(=O)O)nn1C. The number of rotatable bonds is 7. The van der Waals surface area contributed by atoms with Crippen LogP contribution in [0.4, 0.5) is 0 Å². The van der Waals surface area contributed by atoms with Crippen LogP contribution in [0.5, 0.6) is 0 Å². The van der Waals surface area contributed by atoms with Crippen LogP contribution in [0.1, 0.15) is 26.7 Å². The van der Waals surface area contributed by atoms with Gasteiger partial charge in [0.25, 0.3) is 5.91 Å². The lowest BCUT2D eigenvalue weighted by Crippen LogP contribution is -2.36. The Morgan fingerprint density at radius 1 is 1.25 bits per heavy atom. The standard InChI is InChI=1S/C14H18N6O4/c1-9-7-10(18-19(9)2)13(22)16-6-5-15-12(21)8-20-11(14(23)24)3-4-17-20/h3-4,7H,5-6,8H2,1-2H3,(H,15,21)(H,16,22)(H,23,24). The molecule has 0 aliphatic rings. The number of hydrogen-bond acceptors (Lipinski definition) is 5. The molecule has 0 unspecified atom stereocenters. The molecule has 0 saturated carbocycles. The Balaban J connectivity index is 1.74. The molecule has 0 aliphatic heterocycles. The zero-order chi connectivity index (χ0) is 17.7. The Bertz CT molecular complexity index is 744. The quantitative estimate of drug-likeness (QED) is 0.566. The van der Waals surface area contributed by atoms with Gasteiger partial charge in [-0.3, -0.25) is 14.3 Å². The first-order valence-electron chi connectivity index (χ1n) is 7.19. The van der Waals surface area contributed by atoms with E-state index in [0.29, 0.717) is 5.69 Å². The molecule has 128 valence electrons. The van der Waals surface area contributed by atoms with Crippen molar-refractivity contribution >= 4 is 17.8 Å². The first-order valence-corrected chi connectivity index (χ1v) is 7.19. The Morgan fingerprint density at radius 2 is 1.96 bits per heavy atom. The van der Waals surface area contributed by atoms with Gasteiger partial charge in [-0.1, -0.05) is 0 Å². The highest BCUT2D eigenvalue weighted by molar-refractivity contribution is 5.92. The molecular weight excluding hydrogens is 316 g/mol. The number of carboxylic acid groups (broad SMARTS) is 1. The predicted octanol–water partition coefficient (Wildman–Crippen LogP) is -0.831. The number of aromatic nitrogens is 4. The fourth-order valence-corrected chi connectivity index (χ4v) is 1.97. The normalized spacial score (nSPS) is 10.4. The van der Waals surface area contributed by atoms with Crippen LogP contribution < -0.4 is 10.6 Å². The van der Waals surface area contributed by atoms with E-state index < -0.39 is 11.9 Å². The van der Waals surface area contributed by atoms with Crippen LogP contribution in [0.25, 0.3) is 0 Å². The van der Waals surface area contributed by atoms with Crippen molar-refractivity contribution in [2.75, 3.05) is 13.1 Å². The van der Waals surface area contributed by atoms with Gasteiger partial charge in [-0.25, -0.2) is 9.48 Å². The van der Waals surface area contributed by atoms with E-state index in [4.69, 9.17) is 5.11 Å². The van der Waals surface area contributed by atoms with E-state index in [1.54, 1.807) is 17.8 Å². The molecule has 24 heavy (non-hydrogen) atoms. The molecule has 2 aromatic rings. The van der Waals surface area contributed by atoms with E-state index in [-0.39, 0.29) is 31.2 Å². The third-order valence-electron chi connectivity index (χ3n) is 3.31. The van der Waals surface area contributed by atoms with Gasteiger partial charge in [-0.15, -0.1) is 0 Å². The summed E-state index contributed by atoms with van der Waals surface area (Å²) in [4.78, 5) is 34.5. The van der Waals surface area contributed by atoms with Crippen LogP contribution in [0.3, 0.4) is 0 Å². The molecule has 2 amide bonds. The number of carbonyl (C=O) groups excluding carboxylic acids is 2. The average molecular weight is 334 g/mol. The number of nitrogens with one attached hydrogen (secondary N) is 2. The molecule has 3 N–H and O–H groups in total. The maximum Gasteiger partial charge on any atom is 0.354 e. The van der Waals surface area contributed by atoms with E-state index in [1.807, 2.05) is 6.92 Å². The summed E-state index contributed by atoms with van der Waals surface area (Å²) >= 11 is 0. The molecule has 10 heteroatoms. The number of nitrogens with zero attached hydrogens (tertiary/aromatic N) is 4. The number of hydrogen-bond donors (Lipinski definition) is 3. The molecule has 10 nitrogen and oxygen atoms in total. The van der Waals surface area contributed by atoms with Gasteiger partial charge in [0.15, 0.2) is 0 Å². The average Bonchev–Trinajstić information content (AvgIpc) is 3.11. The minimum atomic E-state index is -1.15. The van der Waals surface area contributed by atoms with Gasteiger partial charge in [-0.2, -0.15) is 10.2 Å². The van der Waals surface area contributed by atoms with Crippen molar-refractivity contribution < 1.29 is 19.5 Å². The fourth-order valence-electron chi connectivity index (χ4n) is 1.97. The molecule has 0 aromatic carbocycles. The van der Waals surface area contributed by atoms with Crippen molar-refractivity contribution in [1.82, 2.24) is 30.2 Å². The van der Waals surface area contributed by atoms with Crippen LogP contribution in [0.15, 0.2) is 18.3 Å². The maximum absolute atomic E-state index is 11.9. The number of carbonyl (C=O) groups is 3. The molecule has 2 heterocycles. The highest BCUT2D eigenvalue weighted by Gasteiger charge is 2.13. The monoisotopic (exact) mass is 334 g/mol. The highest BCUT2D eigenvalue weighted by Crippen LogP contribution is 2.00. The topological polar surface area (TPSA) is 131 Å². The first-order chi connectivity index (χ1) is 11.4. The van der Waals surface area contributed by atoms with Crippen LogP contribution >= 0.6 is 0 Å². The maximum atomic E-state index is 11.9. The molecule has 0 saturated heterocycles. The van der Waals surface area contributed by atoms with Crippen LogP contribution in [-0.4, -0.2) is 55.5 Å². The lowest BCUT2D eigenvalue weighted by molar-refractivity contribution is -0.121. The van der Waals surface area contributed by atoms with Gasteiger partial charge < -0.3 is 15.7 Å². The Hall–Kier alpha value is -3.17. The lowest BCUT2D eigenvalue weighted by atomic mass is 10.3. The van der Waals surface area contributed by atoms with Crippen molar-refractivity contribution in [3.63, 3.8) is 0 Å². The summed E-state index contributed by atoms with van der Waals surface area (Å²) in [6, 6.07) is 2.98. The second kappa shape index (κ2) is 7.40. The third-order valence-corrected chi connectivity index (χ3v) is 3.31. The second-order valence-corrected chi connectivity index (χ2v) is 5.08. The van der Waals surface area contributed by atoms with Gasteiger partial charge in [0.05, 0.1) is 0 Å². The van der Waals surface area contributed by atoms with E-state index in [0.717, 1.165) is 10.4 Å². The largest absolute Gasteiger partial charge is 0.477 e. The van der Waals surface area contributed by atoms with Gasteiger partial charge in [0.2, 0.25) is 5.91 Å². The molecule has 0 atom stereocenters. The van der Waals surface area contributed by atoms with Crippen molar-refractivity contribution in [2.45, 2.75) is 13.5 Å². The number of carboxylic acids is 1. The van der Waals surface area contributed by atoms with E-state index >= 15 is 0 Å². The molecular formula is C14H18N6O4. The van der Waals surface area contributed by atoms with Crippen LogP contribution in [0.2, 0.25) is 0 Å². The summed E-state index contributed by atoms with van der Waals surface area (Å²) in [5, 5.41) is 22.0. The van der Waals surface area contributed by atoms with Gasteiger partial charge >= 0.3 is 5.97 Å². The Morgan fingerprint density at radius 3 is 2.58 bits per heavy atom. The molecule has 0 spiro atoms. The van der Waals surface area contributed by atoms with Crippen molar-refractivity contribution in [3.05, 3.63) is 35.4 Å². The molecule has 0 bridgehead atoms. The van der Waals surface area contributed by atoms with Gasteiger partial charge in [-0.05, 0) is 19.1 Å². The molecule has 0 fully saturated rings. The molecule has 0 aliphatic carbocycles. The van der Waals surface area contributed by atoms with E-state index in [1.165, 1.54) is 12.3 Å². The van der Waals surface area contributed by atoms with Crippen molar-refractivity contribution in [2.24, 2.45) is 7.05 Å². The predicted molar refractivity (Wildman–Crippen MR) is 82.5 cm³/mol. The van der Waals surface area contributed by atoms with Gasteiger partial charge in [0.1, 0.15) is 17.9 Å². The molecule has 2 rings (SSSR count). The van der Waals surface area contributed by atoms with E-state index in [9.17, 15) is 14.4 Å². The zero-order valence-electron chi connectivity index (χ0n) is 13.3. The fraction of sp³-hybridized carbons (Fsp3) is 0.357. The van der Waals surface area contributed by atoms with Crippen LogP contribution in [0, 0.1) is 6.92 Å². The van der Waals surface area contributed by atoms with Crippen LogP contribution in [-0.2, 0) is 18.4 Å². The summed E-state index contributed by atoms with van der Waals surface area (Å²) in [6.07, 6.45) is 1.31. The van der Waals surface area contributed by atoms with Gasteiger partial charge in [0, 0.05) is 32.0 Å². The Labute approximate surface area is 137 Å². The van der Waals surface area contributed by atoms with Crippen molar-refractivity contribution in [1.29, 1.82) is 0 Å². The number of aromatic carboxylic acids is 1. The minimum absolute atomic E-state index is 0.0658. The summed E-state index contributed by atoms with van der Waals surface area (Å²) in [6.45, 7) is 2.07. The highest BCUT2D eigenvalue weighted by atomic mass is 16.4. The second-order valence-electron chi connectivity index (χ2n) is 5.08. The summed E-state index contributed by atoms with van der Waals surface area (Å²) < 4.78 is 2.69. The number of amides is 2. The Kier molecular flexibility index (Phi) is 5.30. The van der Waals surface area contributed by atoms with Crippen molar-refractivity contribution in [3.8, 4) is 0 Å². The summed E-state index contributed by atoms with van der Waals surface area (Å²) in [7, 11) is 1.74. The summed E-state index contributed by atoms with van der Waals surface area (Å²) in [5.41, 5.74) is 1.11. The van der Waals surface area contributed by atoms with E-state index in [2.05, 4.69) is 20.8 Å². The molecule has 2 aromatic heterocycles. The first kappa shape index (κ1) is 17.2. The zero-order valence-corrected chi connectivity index (χ0v) is 13.3. The smallest absolute Gasteiger partial charge is 0.354 e. The lowest BCUT2D eigenvalue weighted by Gasteiger charge is -2.07. The minimum Gasteiger partial charge on any atom is -0.477 e. The third kappa shape index (κ3) is 4.18. The molecule has 0 radical (unpaired) electrons. The number of aryl methyl sites for hydroxylation is 2. The summed E-state index contributed by atoms with van der Waals surface area (Å²) in [5.74, 6) is -1.88.